The molecule has 2 fully saturated rings. The summed E-state index contributed by atoms with van der Waals surface area (Å²) in [5.74, 6) is 0.311. The molecule has 3 rings (SSSR count). The van der Waals surface area contributed by atoms with Gasteiger partial charge in [-0.2, -0.15) is 0 Å². The molecule has 29 heavy (non-hydrogen) atoms. The smallest absolute Gasteiger partial charge is 0.251 e. The van der Waals surface area contributed by atoms with Gasteiger partial charge in [-0.05, 0) is 37.1 Å². The van der Waals surface area contributed by atoms with Crippen molar-refractivity contribution >= 4 is 23.4 Å². The zero-order valence-electron chi connectivity index (χ0n) is 16.7. The van der Waals surface area contributed by atoms with E-state index in [0.717, 1.165) is 45.9 Å². The molecule has 2 heterocycles. The Morgan fingerprint density at radius 1 is 1.10 bits per heavy atom. The summed E-state index contributed by atoms with van der Waals surface area (Å²) in [5.41, 5.74) is 0.561. The first kappa shape index (κ1) is 22.0. The van der Waals surface area contributed by atoms with Crippen molar-refractivity contribution in [1.82, 2.24) is 15.5 Å². The van der Waals surface area contributed by atoms with E-state index in [4.69, 9.17) is 21.1 Å². The fourth-order valence-corrected chi connectivity index (χ4v) is 3.95. The van der Waals surface area contributed by atoms with Crippen LogP contribution in [0.3, 0.4) is 0 Å². The molecule has 8 heteroatoms. The second-order valence-corrected chi connectivity index (χ2v) is 7.95. The Kier molecular flexibility index (Phi) is 8.73. The number of nitrogens with zero attached hydrogens (tertiary/aromatic N) is 1. The van der Waals surface area contributed by atoms with Gasteiger partial charge in [0.25, 0.3) is 5.91 Å². The van der Waals surface area contributed by atoms with Crippen LogP contribution in [-0.4, -0.2) is 75.4 Å². The van der Waals surface area contributed by atoms with E-state index in [0.29, 0.717) is 42.4 Å². The number of carbonyl (C=O) groups is 2. The summed E-state index contributed by atoms with van der Waals surface area (Å²) in [7, 11) is 0. The molecule has 0 bridgehead atoms. The number of hydrogen-bond donors (Lipinski definition) is 2. The zero-order chi connectivity index (χ0) is 20.5. The second-order valence-electron chi connectivity index (χ2n) is 7.51. The Bertz CT molecular complexity index is 658. The molecular weight excluding hydrogens is 394 g/mol. The van der Waals surface area contributed by atoms with Crippen LogP contribution in [0.25, 0.3) is 0 Å². The van der Waals surface area contributed by atoms with E-state index in [1.807, 2.05) is 0 Å². The summed E-state index contributed by atoms with van der Waals surface area (Å²) in [5, 5.41) is 6.51. The van der Waals surface area contributed by atoms with Crippen LogP contribution in [0.5, 0.6) is 0 Å². The van der Waals surface area contributed by atoms with Crippen LogP contribution in [0.4, 0.5) is 0 Å². The van der Waals surface area contributed by atoms with Crippen LogP contribution in [0.1, 0.15) is 29.6 Å². The van der Waals surface area contributed by atoms with Gasteiger partial charge in [-0.3, -0.25) is 14.5 Å². The van der Waals surface area contributed by atoms with E-state index in [2.05, 4.69) is 15.5 Å². The van der Waals surface area contributed by atoms with Crippen molar-refractivity contribution < 1.29 is 19.1 Å². The monoisotopic (exact) mass is 423 g/mol. The number of nitrogens with one attached hydrogen (secondary N) is 2. The lowest BCUT2D eigenvalue weighted by molar-refractivity contribution is -0.121. The summed E-state index contributed by atoms with van der Waals surface area (Å²) in [6.07, 6.45) is 2.02. The normalized spacial score (nSPS) is 20.9. The van der Waals surface area contributed by atoms with Crippen molar-refractivity contribution in [2.24, 2.45) is 5.92 Å². The number of rotatable bonds is 9. The van der Waals surface area contributed by atoms with Gasteiger partial charge in [-0.25, -0.2) is 0 Å². The Morgan fingerprint density at radius 3 is 2.55 bits per heavy atom. The summed E-state index contributed by atoms with van der Waals surface area (Å²) >= 11 is 5.83. The van der Waals surface area contributed by atoms with E-state index < -0.39 is 0 Å². The molecule has 0 spiro atoms. The molecule has 7 nitrogen and oxygen atoms in total. The van der Waals surface area contributed by atoms with Crippen LogP contribution >= 0.6 is 11.6 Å². The van der Waals surface area contributed by atoms with Gasteiger partial charge >= 0.3 is 0 Å². The van der Waals surface area contributed by atoms with Crippen molar-refractivity contribution in [3.05, 3.63) is 34.9 Å². The van der Waals surface area contributed by atoms with E-state index in [9.17, 15) is 9.59 Å². The minimum Gasteiger partial charge on any atom is -0.381 e. The predicted octanol–water partition coefficient (Wildman–Crippen LogP) is 1.70. The zero-order valence-corrected chi connectivity index (χ0v) is 17.5. The molecule has 2 unspecified atom stereocenters. The second kappa shape index (κ2) is 11.5. The lowest BCUT2D eigenvalue weighted by Gasteiger charge is -2.37. The third-order valence-electron chi connectivity index (χ3n) is 5.50. The maximum atomic E-state index is 12.3. The van der Waals surface area contributed by atoms with E-state index in [-0.39, 0.29) is 17.9 Å². The van der Waals surface area contributed by atoms with Gasteiger partial charge in [0.2, 0.25) is 5.91 Å². The molecule has 0 aromatic heterocycles. The molecule has 0 saturated carbocycles. The van der Waals surface area contributed by atoms with Crippen LogP contribution < -0.4 is 10.6 Å². The van der Waals surface area contributed by atoms with Crippen molar-refractivity contribution in [3.63, 3.8) is 0 Å². The van der Waals surface area contributed by atoms with Gasteiger partial charge in [-0.15, -0.1) is 0 Å². The van der Waals surface area contributed by atoms with Gasteiger partial charge in [-0.1, -0.05) is 11.6 Å². The maximum Gasteiger partial charge on any atom is 0.251 e. The molecule has 2 amide bonds. The fraction of sp³-hybridized carbons (Fsp3) is 0.619. The lowest BCUT2D eigenvalue weighted by atomic mass is 9.97. The van der Waals surface area contributed by atoms with Gasteiger partial charge < -0.3 is 20.1 Å². The Morgan fingerprint density at radius 2 is 1.86 bits per heavy atom. The largest absolute Gasteiger partial charge is 0.381 e. The van der Waals surface area contributed by atoms with Crippen LogP contribution in [-0.2, 0) is 14.3 Å². The molecule has 1 aromatic rings. The highest BCUT2D eigenvalue weighted by Gasteiger charge is 2.31. The van der Waals surface area contributed by atoms with Crippen molar-refractivity contribution in [3.8, 4) is 0 Å². The van der Waals surface area contributed by atoms with Crippen molar-refractivity contribution in [2.45, 2.75) is 25.3 Å². The number of ether oxygens (including phenoxy) is 2. The van der Waals surface area contributed by atoms with Crippen LogP contribution in [0.2, 0.25) is 5.02 Å². The summed E-state index contributed by atoms with van der Waals surface area (Å²) in [6.45, 7) is 5.92. The van der Waals surface area contributed by atoms with Crippen molar-refractivity contribution in [1.29, 1.82) is 0 Å². The molecule has 2 aliphatic heterocycles. The topological polar surface area (TPSA) is 79.9 Å². The van der Waals surface area contributed by atoms with Crippen molar-refractivity contribution in [2.75, 3.05) is 52.6 Å². The highest BCUT2D eigenvalue weighted by Crippen LogP contribution is 2.21. The molecule has 2 saturated heterocycles. The van der Waals surface area contributed by atoms with Crippen LogP contribution in [0.15, 0.2) is 24.3 Å². The van der Waals surface area contributed by atoms with E-state index in [1.165, 1.54) is 0 Å². The van der Waals surface area contributed by atoms with E-state index in [1.54, 1.807) is 24.3 Å². The first-order valence-corrected chi connectivity index (χ1v) is 10.7. The number of morpholine rings is 1. The quantitative estimate of drug-likeness (QED) is 0.591. The molecule has 160 valence electrons. The first-order valence-electron chi connectivity index (χ1n) is 10.3. The molecule has 0 radical (unpaired) electrons. The van der Waals surface area contributed by atoms with E-state index >= 15 is 0 Å². The average Bonchev–Trinajstić information content (AvgIpc) is 3.27. The first-order chi connectivity index (χ1) is 14.1. The van der Waals surface area contributed by atoms with Gasteiger partial charge in [0, 0.05) is 61.8 Å². The molecule has 2 aliphatic rings. The third-order valence-corrected chi connectivity index (χ3v) is 5.76. The number of hydrogen-bond acceptors (Lipinski definition) is 5. The molecular formula is C21H30ClN3O4. The Labute approximate surface area is 177 Å². The SMILES string of the molecule is O=C(CCCNC(=O)c1ccc(Cl)cc1)NCC(C1CCOC1)N1CCOCC1. The maximum absolute atomic E-state index is 12.3. The molecule has 2 atom stereocenters. The number of amides is 2. The minimum atomic E-state index is -0.157. The lowest BCUT2D eigenvalue weighted by Crippen LogP contribution is -2.52. The Hall–Kier alpha value is -1.67. The predicted molar refractivity (Wildman–Crippen MR) is 111 cm³/mol. The summed E-state index contributed by atoms with van der Waals surface area (Å²) in [4.78, 5) is 26.8. The number of benzene rings is 1. The summed E-state index contributed by atoms with van der Waals surface area (Å²) in [6, 6.07) is 7.02. The number of carbonyl (C=O) groups excluding carboxylic acids is 2. The van der Waals surface area contributed by atoms with Gasteiger partial charge in [0.15, 0.2) is 0 Å². The van der Waals surface area contributed by atoms with Crippen LogP contribution in [0, 0.1) is 5.92 Å². The van der Waals surface area contributed by atoms with Gasteiger partial charge in [0.1, 0.15) is 0 Å². The minimum absolute atomic E-state index is 0.0166. The molecule has 2 N–H and O–H groups in total. The number of halogens is 1. The molecule has 0 aliphatic carbocycles. The average molecular weight is 424 g/mol. The fourth-order valence-electron chi connectivity index (χ4n) is 3.82. The Balaban J connectivity index is 1.36. The summed E-state index contributed by atoms with van der Waals surface area (Å²) < 4.78 is 11.0. The molecule has 1 aromatic carbocycles. The standard InChI is InChI=1S/C21H30ClN3O4/c22-18-5-3-16(4-6-18)21(27)23-8-1-2-20(26)24-14-19(17-7-11-29-15-17)25-9-12-28-13-10-25/h3-6,17,19H,1-2,7-15H2,(H,23,27)(H,24,26). The highest BCUT2D eigenvalue weighted by molar-refractivity contribution is 6.30. The third kappa shape index (κ3) is 6.96. The van der Waals surface area contributed by atoms with Gasteiger partial charge in [0.05, 0.1) is 19.8 Å². The highest BCUT2D eigenvalue weighted by atomic mass is 35.5.